The van der Waals surface area contributed by atoms with Crippen LogP contribution in [0.1, 0.15) is 39.5 Å². The third-order valence-electron chi connectivity index (χ3n) is 3.92. The van der Waals surface area contributed by atoms with Crippen molar-refractivity contribution in [2.75, 3.05) is 26.2 Å². The highest BCUT2D eigenvalue weighted by molar-refractivity contribution is 5.85. The summed E-state index contributed by atoms with van der Waals surface area (Å²) in [6, 6.07) is 0.740. The monoisotopic (exact) mass is 262 g/mol. The molecular formula is C13H27ClN2O. The van der Waals surface area contributed by atoms with Gasteiger partial charge in [0, 0.05) is 19.0 Å². The first-order chi connectivity index (χ1) is 7.79. The first-order valence-electron chi connectivity index (χ1n) is 6.88. The van der Waals surface area contributed by atoms with E-state index in [0.29, 0.717) is 12.1 Å². The maximum absolute atomic E-state index is 5.85. The Kier molecular flexibility index (Phi) is 6.78. The Morgan fingerprint density at radius 1 is 1.35 bits per heavy atom. The second-order valence-electron chi connectivity index (χ2n) is 5.35. The summed E-state index contributed by atoms with van der Waals surface area (Å²) in [5.74, 6) is 0.671. The summed E-state index contributed by atoms with van der Waals surface area (Å²) in [6.45, 7) is 9.02. The molecule has 1 N–H and O–H groups in total. The van der Waals surface area contributed by atoms with Crippen LogP contribution in [0.25, 0.3) is 0 Å². The van der Waals surface area contributed by atoms with Crippen molar-refractivity contribution in [1.29, 1.82) is 0 Å². The normalized spacial score (nSPS) is 35.3. The van der Waals surface area contributed by atoms with Gasteiger partial charge in [-0.3, -0.25) is 5.32 Å². The predicted octanol–water partition coefficient (Wildman–Crippen LogP) is 2.25. The van der Waals surface area contributed by atoms with Crippen molar-refractivity contribution in [2.24, 2.45) is 5.92 Å². The topological polar surface area (TPSA) is 24.5 Å². The van der Waals surface area contributed by atoms with Gasteiger partial charge in [0.15, 0.2) is 0 Å². The first kappa shape index (κ1) is 15.2. The largest absolute Gasteiger partial charge is 0.363 e. The molecule has 0 radical (unpaired) electrons. The fraction of sp³-hybridized carbons (Fsp3) is 1.00. The van der Waals surface area contributed by atoms with E-state index in [1.807, 2.05) is 0 Å². The SMILES string of the molecule is CCN1CCCCC1CC1NCC(C)CO1.Cl. The van der Waals surface area contributed by atoms with Crippen molar-refractivity contribution in [1.82, 2.24) is 10.2 Å². The molecule has 2 heterocycles. The summed E-state index contributed by atoms with van der Waals surface area (Å²) in [5.41, 5.74) is 0. The van der Waals surface area contributed by atoms with Gasteiger partial charge in [0.25, 0.3) is 0 Å². The number of nitrogens with one attached hydrogen (secondary N) is 1. The molecule has 0 aromatic heterocycles. The average Bonchev–Trinajstić information content (AvgIpc) is 2.33. The van der Waals surface area contributed by atoms with E-state index in [-0.39, 0.29) is 12.4 Å². The number of halogens is 1. The van der Waals surface area contributed by atoms with Gasteiger partial charge in [0.05, 0.1) is 6.61 Å². The molecule has 0 bridgehead atoms. The van der Waals surface area contributed by atoms with Crippen LogP contribution >= 0.6 is 12.4 Å². The van der Waals surface area contributed by atoms with Crippen molar-refractivity contribution in [3.63, 3.8) is 0 Å². The smallest absolute Gasteiger partial charge is 0.109 e. The lowest BCUT2D eigenvalue weighted by Gasteiger charge is -2.38. The van der Waals surface area contributed by atoms with Crippen LogP contribution in [0.15, 0.2) is 0 Å². The Labute approximate surface area is 112 Å². The highest BCUT2D eigenvalue weighted by Crippen LogP contribution is 2.22. The Morgan fingerprint density at radius 3 is 2.82 bits per heavy atom. The molecule has 102 valence electrons. The van der Waals surface area contributed by atoms with E-state index in [4.69, 9.17) is 4.74 Å². The van der Waals surface area contributed by atoms with Crippen LogP contribution in [0.4, 0.5) is 0 Å². The van der Waals surface area contributed by atoms with E-state index in [1.54, 1.807) is 0 Å². The molecule has 0 aliphatic carbocycles. The minimum absolute atomic E-state index is 0. The fourth-order valence-corrected chi connectivity index (χ4v) is 2.87. The predicted molar refractivity (Wildman–Crippen MR) is 73.7 cm³/mol. The molecular weight excluding hydrogens is 236 g/mol. The summed E-state index contributed by atoms with van der Waals surface area (Å²) in [5, 5.41) is 3.51. The molecule has 2 fully saturated rings. The van der Waals surface area contributed by atoms with Gasteiger partial charge in [-0.25, -0.2) is 0 Å². The maximum Gasteiger partial charge on any atom is 0.109 e. The van der Waals surface area contributed by atoms with Gasteiger partial charge in [-0.15, -0.1) is 12.4 Å². The van der Waals surface area contributed by atoms with Crippen molar-refractivity contribution >= 4 is 12.4 Å². The Morgan fingerprint density at radius 2 is 2.18 bits per heavy atom. The minimum Gasteiger partial charge on any atom is -0.363 e. The number of hydrogen-bond acceptors (Lipinski definition) is 3. The number of hydrogen-bond donors (Lipinski definition) is 1. The van der Waals surface area contributed by atoms with Crippen LogP contribution in [0.2, 0.25) is 0 Å². The second kappa shape index (κ2) is 7.57. The quantitative estimate of drug-likeness (QED) is 0.845. The van der Waals surface area contributed by atoms with Crippen molar-refractivity contribution in [2.45, 2.75) is 51.8 Å². The van der Waals surface area contributed by atoms with E-state index in [9.17, 15) is 0 Å². The number of piperidine rings is 1. The molecule has 0 spiro atoms. The molecule has 0 aromatic rings. The highest BCUT2D eigenvalue weighted by Gasteiger charge is 2.26. The van der Waals surface area contributed by atoms with Crippen molar-refractivity contribution in [3.8, 4) is 0 Å². The maximum atomic E-state index is 5.85. The molecule has 0 saturated carbocycles. The molecule has 3 unspecified atom stereocenters. The summed E-state index contributed by atoms with van der Waals surface area (Å²) in [4.78, 5) is 2.62. The zero-order valence-corrected chi connectivity index (χ0v) is 12.0. The third kappa shape index (κ3) is 4.40. The molecule has 0 aromatic carbocycles. The van der Waals surface area contributed by atoms with Crippen LogP contribution in [0.3, 0.4) is 0 Å². The number of nitrogens with zero attached hydrogens (tertiary/aromatic N) is 1. The number of ether oxygens (including phenoxy) is 1. The van der Waals surface area contributed by atoms with Crippen LogP contribution in [-0.2, 0) is 4.74 Å². The second-order valence-corrected chi connectivity index (χ2v) is 5.35. The van der Waals surface area contributed by atoms with Gasteiger partial charge >= 0.3 is 0 Å². The molecule has 3 atom stereocenters. The summed E-state index contributed by atoms with van der Waals surface area (Å²) >= 11 is 0. The minimum atomic E-state index is 0. The lowest BCUT2D eigenvalue weighted by Crippen LogP contribution is -2.48. The van der Waals surface area contributed by atoms with Crippen LogP contribution in [-0.4, -0.2) is 43.4 Å². The average molecular weight is 263 g/mol. The summed E-state index contributed by atoms with van der Waals surface area (Å²) < 4.78 is 5.85. The Balaban J connectivity index is 0.00000144. The van der Waals surface area contributed by atoms with Gasteiger partial charge in [-0.2, -0.15) is 0 Å². The lowest BCUT2D eigenvalue weighted by molar-refractivity contribution is -0.0446. The zero-order valence-electron chi connectivity index (χ0n) is 11.2. The third-order valence-corrected chi connectivity index (χ3v) is 3.92. The van der Waals surface area contributed by atoms with Crippen LogP contribution < -0.4 is 5.32 Å². The standard InChI is InChI=1S/C13H26N2O.ClH/c1-3-15-7-5-4-6-12(15)8-13-14-9-11(2)10-16-13;/h11-14H,3-10H2,1-2H3;1H. The Bertz CT molecular complexity index is 208. The van der Waals surface area contributed by atoms with E-state index in [0.717, 1.165) is 19.2 Å². The molecule has 2 rings (SSSR count). The van der Waals surface area contributed by atoms with Gasteiger partial charge < -0.3 is 9.64 Å². The zero-order chi connectivity index (χ0) is 11.4. The first-order valence-corrected chi connectivity index (χ1v) is 6.88. The van der Waals surface area contributed by atoms with E-state index < -0.39 is 0 Å². The van der Waals surface area contributed by atoms with E-state index >= 15 is 0 Å². The van der Waals surface area contributed by atoms with Crippen LogP contribution in [0.5, 0.6) is 0 Å². The molecule has 3 nitrogen and oxygen atoms in total. The number of rotatable bonds is 3. The van der Waals surface area contributed by atoms with Gasteiger partial charge in [0.2, 0.25) is 0 Å². The van der Waals surface area contributed by atoms with Gasteiger partial charge in [-0.1, -0.05) is 20.3 Å². The molecule has 2 aliphatic rings. The highest BCUT2D eigenvalue weighted by atomic mass is 35.5. The molecule has 2 aliphatic heterocycles. The molecule has 17 heavy (non-hydrogen) atoms. The van der Waals surface area contributed by atoms with E-state index in [1.165, 1.54) is 38.8 Å². The van der Waals surface area contributed by atoms with E-state index in [2.05, 4.69) is 24.1 Å². The molecule has 0 amide bonds. The summed E-state index contributed by atoms with van der Waals surface area (Å²) in [6.07, 6.45) is 5.59. The summed E-state index contributed by atoms with van der Waals surface area (Å²) in [7, 11) is 0. The van der Waals surface area contributed by atoms with Crippen LogP contribution in [0, 0.1) is 5.92 Å². The molecule has 4 heteroatoms. The number of likely N-dealkylation sites (tertiary alicyclic amines) is 1. The fourth-order valence-electron chi connectivity index (χ4n) is 2.87. The van der Waals surface area contributed by atoms with Crippen molar-refractivity contribution < 1.29 is 4.74 Å². The Hall–Kier alpha value is 0.170. The van der Waals surface area contributed by atoms with Gasteiger partial charge in [-0.05, 0) is 31.8 Å². The van der Waals surface area contributed by atoms with Crippen molar-refractivity contribution in [3.05, 3.63) is 0 Å². The lowest BCUT2D eigenvalue weighted by atomic mass is 9.98. The van der Waals surface area contributed by atoms with Gasteiger partial charge in [0.1, 0.15) is 6.23 Å². The molecule has 2 saturated heterocycles.